The van der Waals surface area contributed by atoms with Crippen LogP contribution in [0.3, 0.4) is 0 Å². The molecule has 0 radical (unpaired) electrons. The third-order valence-electron chi connectivity index (χ3n) is 4.51. The molecular formula is C18H21F3N4O3S. The fourth-order valence-electron chi connectivity index (χ4n) is 3.05. The quantitative estimate of drug-likeness (QED) is 0.726. The summed E-state index contributed by atoms with van der Waals surface area (Å²) < 4.78 is 71.1. The van der Waals surface area contributed by atoms with Crippen LogP contribution in [0.5, 0.6) is 5.88 Å². The van der Waals surface area contributed by atoms with Crippen LogP contribution in [-0.2, 0) is 16.2 Å². The largest absolute Gasteiger partial charge is 0.470 e. The second-order valence-electron chi connectivity index (χ2n) is 6.85. The van der Waals surface area contributed by atoms with Gasteiger partial charge < -0.3 is 9.64 Å². The number of aromatic nitrogens is 2. The molecule has 0 saturated carbocycles. The summed E-state index contributed by atoms with van der Waals surface area (Å²) in [6, 6.07) is 3.51. The van der Waals surface area contributed by atoms with E-state index in [0.29, 0.717) is 24.5 Å². The molecular weight excluding hydrogens is 409 g/mol. The average Bonchev–Trinajstić information content (AvgIpc) is 2.68. The number of halogens is 3. The minimum absolute atomic E-state index is 0.0762. The van der Waals surface area contributed by atoms with Gasteiger partial charge in [0.15, 0.2) is 5.82 Å². The van der Waals surface area contributed by atoms with Gasteiger partial charge in [-0.05, 0) is 37.1 Å². The van der Waals surface area contributed by atoms with Gasteiger partial charge in [-0.25, -0.2) is 18.4 Å². The molecule has 7 nitrogen and oxygen atoms in total. The number of rotatable bonds is 5. The maximum atomic E-state index is 12.9. The Morgan fingerprint density at radius 1 is 1.14 bits per heavy atom. The van der Waals surface area contributed by atoms with E-state index in [2.05, 4.69) is 9.97 Å². The van der Waals surface area contributed by atoms with E-state index in [0.717, 1.165) is 24.3 Å². The van der Waals surface area contributed by atoms with Crippen molar-refractivity contribution in [3.05, 3.63) is 42.2 Å². The number of ether oxygens (including phenoxy) is 1. The summed E-state index contributed by atoms with van der Waals surface area (Å²) in [6.07, 6.45) is -0.757. The van der Waals surface area contributed by atoms with E-state index in [1.807, 2.05) is 0 Å². The van der Waals surface area contributed by atoms with Crippen LogP contribution in [0, 0.1) is 0 Å². The summed E-state index contributed by atoms with van der Waals surface area (Å²) in [7, 11) is -0.355. The van der Waals surface area contributed by atoms with Crippen molar-refractivity contribution >= 4 is 15.8 Å². The summed E-state index contributed by atoms with van der Waals surface area (Å²) >= 11 is 0. The Labute approximate surface area is 167 Å². The number of anilines is 1. The highest BCUT2D eigenvalue weighted by Crippen LogP contribution is 2.31. The van der Waals surface area contributed by atoms with Crippen LogP contribution >= 0.6 is 0 Å². The summed E-state index contributed by atoms with van der Waals surface area (Å²) in [5.41, 5.74) is -0.893. The fraction of sp³-hybridized carbons (Fsp3) is 0.444. The normalized spacial score (nSPS) is 18.4. The Morgan fingerprint density at radius 3 is 2.41 bits per heavy atom. The van der Waals surface area contributed by atoms with Gasteiger partial charge in [-0.15, -0.1) is 0 Å². The summed E-state index contributed by atoms with van der Waals surface area (Å²) in [5, 5.41) is 0. The molecule has 1 fully saturated rings. The van der Waals surface area contributed by atoms with E-state index < -0.39 is 27.9 Å². The first-order valence-electron chi connectivity index (χ1n) is 8.91. The predicted octanol–water partition coefficient (Wildman–Crippen LogP) is 2.79. The molecule has 11 heteroatoms. The molecule has 0 N–H and O–H groups in total. The molecule has 2 heterocycles. The van der Waals surface area contributed by atoms with E-state index in [9.17, 15) is 21.6 Å². The third-order valence-corrected chi connectivity index (χ3v) is 6.39. The molecule has 0 aliphatic carbocycles. The van der Waals surface area contributed by atoms with Gasteiger partial charge in [-0.1, -0.05) is 0 Å². The molecule has 0 spiro atoms. The molecule has 1 atom stereocenters. The number of piperidine rings is 1. The first-order valence-corrected chi connectivity index (χ1v) is 10.4. The van der Waals surface area contributed by atoms with Crippen LogP contribution in [0.2, 0.25) is 0 Å². The van der Waals surface area contributed by atoms with Crippen molar-refractivity contribution in [3.8, 4) is 5.88 Å². The molecule has 1 aromatic carbocycles. The van der Waals surface area contributed by atoms with Gasteiger partial charge in [-0.2, -0.15) is 17.5 Å². The Bertz CT molecular complexity index is 950. The molecule has 1 aliphatic heterocycles. The van der Waals surface area contributed by atoms with E-state index in [1.165, 1.54) is 16.7 Å². The van der Waals surface area contributed by atoms with Gasteiger partial charge >= 0.3 is 6.18 Å². The molecule has 29 heavy (non-hydrogen) atoms. The highest BCUT2D eigenvalue weighted by Gasteiger charge is 2.34. The molecule has 3 rings (SSSR count). The number of alkyl halides is 3. The standard InChI is InChI=1S/C18H21F3N4O3S/c1-24(2)16-17(23-10-9-22-16)28-14-4-3-11-25(12-14)29(26,27)15-7-5-13(6-8-15)18(19,20)21/h5-10,14H,3-4,11-12H2,1-2H3. The number of hydrogen-bond acceptors (Lipinski definition) is 6. The van der Waals surface area contributed by atoms with Gasteiger partial charge in [0.2, 0.25) is 10.0 Å². The second kappa shape index (κ2) is 8.15. The minimum Gasteiger partial charge on any atom is -0.470 e. The number of sulfonamides is 1. The van der Waals surface area contributed by atoms with Crippen LogP contribution in [0.4, 0.5) is 19.0 Å². The van der Waals surface area contributed by atoms with Crippen LogP contribution in [0.25, 0.3) is 0 Å². The van der Waals surface area contributed by atoms with Gasteiger partial charge in [0.1, 0.15) is 6.10 Å². The Morgan fingerprint density at radius 2 is 1.79 bits per heavy atom. The van der Waals surface area contributed by atoms with Crippen LogP contribution in [-0.4, -0.2) is 56.0 Å². The first-order chi connectivity index (χ1) is 13.6. The molecule has 1 saturated heterocycles. The lowest BCUT2D eigenvalue weighted by Crippen LogP contribution is -2.44. The third kappa shape index (κ3) is 4.78. The fourth-order valence-corrected chi connectivity index (χ4v) is 4.56. The molecule has 1 aromatic heterocycles. The van der Waals surface area contributed by atoms with Gasteiger partial charge in [0.05, 0.1) is 17.0 Å². The molecule has 1 aliphatic rings. The van der Waals surface area contributed by atoms with E-state index in [1.54, 1.807) is 19.0 Å². The smallest absolute Gasteiger partial charge is 0.416 e. The van der Waals surface area contributed by atoms with Gasteiger partial charge in [0, 0.05) is 33.0 Å². The van der Waals surface area contributed by atoms with Crippen molar-refractivity contribution < 1.29 is 26.3 Å². The topological polar surface area (TPSA) is 75.6 Å². The number of hydrogen-bond donors (Lipinski definition) is 0. The second-order valence-corrected chi connectivity index (χ2v) is 8.78. The minimum atomic E-state index is -4.52. The zero-order valence-electron chi connectivity index (χ0n) is 15.9. The van der Waals surface area contributed by atoms with Crippen LogP contribution < -0.4 is 9.64 Å². The molecule has 2 aromatic rings. The first kappa shape index (κ1) is 21.3. The SMILES string of the molecule is CN(C)c1nccnc1OC1CCCN(S(=O)(=O)c2ccc(C(F)(F)F)cc2)C1. The van der Waals surface area contributed by atoms with E-state index >= 15 is 0 Å². The Kier molecular flexibility index (Phi) is 5.99. The van der Waals surface area contributed by atoms with Crippen molar-refractivity contribution in [1.82, 2.24) is 14.3 Å². The monoisotopic (exact) mass is 430 g/mol. The Hall–Kier alpha value is -2.40. The molecule has 158 valence electrons. The van der Waals surface area contributed by atoms with E-state index in [-0.39, 0.29) is 18.0 Å². The lowest BCUT2D eigenvalue weighted by atomic mass is 10.1. The lowest BCUT2D eigenvalue weighted by Gasteiger charge is -2.32. The highest BCUT2D eigenvalue weighted by atomic mass is 32.2. The summed E-state index contributed by atoms with van der Waals surface area (Å²) in [4.78, 5) is 9.93. The van der Waals surface area contributed by atoms with Gasteiger partial charge in [0.25, 0.3) is 5.88 Å². The van der Waals surface area contributed by atoms with Crippen molar-refractivity contribution in [1.29, 1.82) is 0 Å². The number of benzene rings is 1. The highest BCUT2D eigenvalue weighted by molar-refractivity contribution is 7.89. The molecule has 1 unspecified atom stereocenters. The van der Waals surface area contributed by atoms with Crippen LogP contribution in [0.1, 0.15) is 18.4 Å². The molecule has 0 bridgehead atoms. The van der Waals surface area contributed by atoms with Crippen molar-refractivity contribution in [3.63, 3.8) is 0 Å². The number of nitrogens with zero attached hydrogens (tertiary/aromatic N) is 4. The summed E-state index contributed by atoms with van der Waals surface area (Å²) in [5.74, 6) is 0.825. The van der Waals surface area contributed by atoms with E-state index in [4.69, 9.17) is 4.74 Å². The predicted molar refractivity (Wildman–Crippen MR) is 100 cm³/mol. The Balaban J connectivity index is 1.76. The average molecular weight is 430 g/mol. The maximum absolute atomic E-state index is 12.9. The zero-order valence-corrected chi connectivity index (χ0v) is 16.7. The van der Waals surface area contributed by atoms with Crippen LogP contribution in [0.15, 0.2) is 41.6 Å². The zero-order chi connectivity index (χ0) is 21.2. The summed E-state index contributed by atoms with van der Waals surface area (Å²) in [6.45, 7) is 0.344. The van der Waals surface area contributed by atoms with Crippen molar-refractivity contribution in [2.45, 2.75) is 30.0 Å². The maximum Gasteiger partial charge on any atom is 0.416 e. The lowest BCUT2D eigenvalue weighted by molar-refractivity contribution is -0.137. The van der Waals surface area contributed by atoms with Gasteiger partial charge in [-0.3, -0.25) is 0 Å². The van der Waals surface area contributed by atoms with Crippen molar-refractivity contribution in [2.75, 3.05) is 32.1 Å². The van der Waals surface area contributed by atoms with Crippen molar-refractivity contribution in [2.24, 2.45) is 0 Å². The molecule has 0 amide bonds.